The Labute approximate surface area is 174 Å². The van der Waals surface area contributed by atoms with Crippen LogP contribution in [0.5, 0.6) is 0 Å². The van der Waals surface area contributed by atoms with Gasteiger partial charge in [-0.15, -0.1) is 11.3 Å². The van der Waals surface area contributed by atoms with Crippen LogP contribution in [0.15, 0.2) is 54.6 Å². The van der Waals surface area contributed by atoms with E-state index in [-0.39, 0.29) is 12.4 Å². The van der Waals surface area contributed by atoms with Gasteiger partial charge in [0.15, 0.2) is 0 Å². The fourth-order valence-corrected chi connectivity index (χ4v) is 4.11. The maximum absolute atomic E-state index is 13.7. The minimum absolute atomic E-state index is 0.172. The van der Waals surface area contributed by atoms with Gasteiger partial charge < -0.3 is 0 Å². The van der Waals surface area contributed by atoms with Gasteiger partial charge in [-0.25, -0.2) is 4.39 Å². The van der Waals surface area contributed by atoms with Gasteiger partial charge in [0.1, 0.15) is 5.82 Å². The summed E-state index contributed by atoms with van der Waals surface area (Å²) in [6, 6.07) is 16.3. The van der Waals surface area contributed by atoms with E-state index in [0.29, 0.717) is 18.4 Å². The van der Waals surface area contributed by atoms with Gasteiger partial charge in [0.2, 0.25) is 0 Å². The summed E-state index contributed by atoms with van der Waals surface area (Å²) in [5, 5.41) is 0. The maximum Gasteiger partial charge on any atom is 0.333 e. The Morgan fingerprint density at radius 2 is 1.83 bits per heavy atom. The van der Waals surface area contributed by atoms with Crippen molar-refractivity contribution < 1.29 is 17.4 Å². The number of aryl methyl sites for hydroxylation is 2. The second kappa shape index (κ2) is 9.33. The highest BCUT2D eigenvalue weighted by Gasteiger charge is 2.07. The van der Waals surface area contributed by atoms with Crippen molar-refractivity contribution in [1.29, 1.82) is 0 Å². The number of hydrogen-bond acceptors (Lipinski definition) is 3. The topological polar surface area (TPSA) is 66.4 Å². The molecule has 2 N–H and O–H groups in total. The summed E-state index contributed by atoms with van der Waals surface area (Å²) in [7, 11) is -4.14. The van der Waals surface area contributed by atoms with Crippen molar-refractivity contribution in [3.8, 4) is 22.3 Å². The van der Waals surface area contributed by atoms with Crippen LogP contribution in [0.4, 0.5) is 4.39 Å². The molecule has 0 aliphatic heterocycles. The third kappa shape index (κ3) is 6.51. The van der Waals surface area contributed by atoms with Crippen molar-refractivity contribution in [2.75, 3.05) is 6.54 Å². The molecule has 1 heterocycles. The first-order valence-corrected chi connectivity index (χ1v) is 11.3. The molecule has 0 bridgehead atoms. The van der Waals surface area contributed by atoms with Gasteiger partial charge in [-0.05, 0) is 67.8 Å². The Hall–Kier alpha value is -2.50. The van der Waals surface area contributed by atoms with Crippen LogP contribution in [0.3, 0.4) is 0 Å². The fourth-order valence-electron chi connectivity index (χ4n) is 2.80. The van der Waals surface area contributed by atoms with E-state index < -0.39 is 10.3 Å². The highest BCUT2D eigenvalue weighted by molar-refractivity contribution is 7.83. The van der Waals surface area contributed by atoms with Gasteiger partial charge in [0.05, 0.1) is 0 Å². The molecular formula is C22H20FNO3S2. The van der Waals surface area contributed by atoms with Crippen LogP contribution in [-0.4, -0.2) is 19.5 Å². The van der Waals surface area contributed by atoms with Gasteiger partial charge in [-0.1, -0.05) is 24.0 Å². The quantitative estimate of drug-likeness (QED) is 0.342. The molecule has 3 rings (SSSR count). The molecule has 0 atom stereocenters. The molecule has 3 aromatic rings. The minimum atomic E-state index is -4.14. The van der Waals surface area contributed by atoms with Crippen molar-refractivity contribution in [3.05, 3.63) is 82.0 Å². The smallest absolute Gasteiger partial charge is 0.273 e. The van der Waals surface area contributed by atoms with E-state index in [4.69, 9.17) is 4.55 Å². The average molecular weight is 430 g/mol. The van der Waals surface area contributed by atoms with Crippen LogP contribution >= 0.6 is 11.3 Å². The predicted molar refractivity (Wildman–Crippen MR) is 115 cm³/mol. The van der Waals surface area contributed by atoms with Crippen molar-refractivity contribution in [3.63, 3.8) is 0 Å². The molecule has 0 saturated carbocycles. The van der Waals surface area contributed by atoms with Gasteiger partial charge >= 0.3 is 10.3 Å². The third-order valence-electron chi connectivity index (χ3n) is 4.21. The van der Waals surface area contributed by atoms with Crippen LogP contribution in [0.25, 0.3) is 10.4 Å². The van der Waals surface area contributed by atoms with Crippen LogP contribution in [0.2, 0.25) is 0 Å². The summed E-state index contributed by atoms with van der Waals surface area (Å²) in [6.45, 7) is 2.20. The molecule has 0 radical (unpaired) electrons. The molecule has 150 valence electrons. The number of rotatable bonds is 6. The van der Waals surface area contributed by atoms with E-state index in [9.17, 15) is 12.8 Å². The summed E-state index contributed by atoms with van der Waals surface area (Å²) < 4.78 is 45.7. The van der Waals surface area contributed by atoms with E-state index in [2.05, 4.69) is 11.8 Å². The summed E-state index contributed by atoms with van der Waals surface area (Å²) >= 11 is 1.65. The minimum Gasteiger partial charge on any atom is -0.273 e. The first kappa shape index (κ1) is 21.2. The average Bonchev–Trinajstić information content (AvgIpc) is 3.10. The zero-order valence-corrected chi connectivity index (χ0v) is 17.4. The lowest BCUT2D eigenvalue weighted by atomic mass is 10.0. The zero-order chi connectivity index (χ0) is 20.9. The van der Waals surface area contributed by atoms with Gasteiger partial charge in [0.25, 0.3) is 0 Å². The molecule has 0 saturated heterocycles. The molecule has 0 aliphatic rings. The lowest BCUT2D eigenvalue weighted by molar-refractivity contribution is 0.466. The fraction of sp³-hybridized carbons (Fsp3) is 0.182. The summed E-state index contributed by atoms with van der Waals surface area (Å²) in [5.41, 5.74) is 3.41. The maximum atomic E-state index is 13.7. The molecule has 29 heavy (non-hydrogen) atoms. The molecule has 0 aliphatic carbocycles. The first-order chi connectivity index (χ1) is 13.8. The van der Waals surface area contributed by atoms with Crippen molar-refractivity contribution in [1.82, 2.24) is 4.72 Å². The second-order valence-electron chi connectivity index (χ2n) is 6.52. The Balaban J connectivity index is 1.71. The molecule has 7 heteroatoms. The Bertz CT molecular complexity index is 1160. The Morgan fingerprint density at radius 3 is 2.48 bits per heavy atom. The number of thiophene rings is 1. The summed E-state index contributed by atoms with van der Waals surface area (Å²) in [4.78, 5) is 2.24. The zero-order valence-electron chi connectivity index (χ0n) is 15.8. The van der Waals surface area contributed by atoms with E-state index in [0.717, 1.165) is 21.6 Å². The monoisotopic (exact) mass is 429 g/mol. The number of nitrogens with one attached hydrogen (secondary N) is 1. The molecule has 0 amide bonds. The lowest BCUT2D eigenvalue weighted by Gasteiger charge is -2.03. The molecule has 0 spiro atoms. The molecule has 4 nitrogen and oxygen atoms in total. The third-order valence-corrected chi connectivity index (χ3v) is 5.81. The molecule has 1 aromatic heterocycles. The summed E-state index contributed by atoms with van der Waals surface area (Å²) in [6.07, 6.45) is 1.24. The number of benzene rings is 2. The van der Waals surface area contributed by atoms with Crippen molar-refractivity contribution in [2.24, 2.45) is 0 Å². The van der Waals surface area contributed by atoms with E-state index in [1.165, 1.54) is 17.0 Å². The molecule has 0 fully saturated rings. The number of halogens is 1. The van der Waals surface area contributed by atoms with Crippen LogP contribution in [0.1, 0.15) is 28.0 Å². The number of hydrogen-bond donors (Lipinski definition) is 2. The van der Waals surface area contributed by atoms with Crippen LogP contribution in [-0.2, 0) is 16.7 Å². The van der Waals surface area contributed by atoms with Crippen LogP contribution < -0.4 is 4.72 Å². The van der Waals surface area contributed by atoms with Gasteiger partial charge in [0, 0.05) is 33.0 Å². The Morgan fingerprint density at radius 1 is 1.07 bits per heavy atom. The van der Waals surface area contributed by atoms with E-state index in [1.807, 2.05) is 48.0 Å². The van der Waals surface area contributed by atoms with Gasteiger partial charge in [-0.3, -0.25) is 4.55 Å². The normalized spacial score (nSPS) is 11.1. The first-order valence-electron chi connectivity index (χ1n) is 8.99. The Kier molecular flexibility index (Phi) is 6.83. The SMILES string of the molecule is Cc1ccc(-c2ccc(F)cc2C#Cc2ccc(CCCNS(=O)(=O)O)cc2)s1. The summed E-state index contributed by atoms with van der Waals surface area (Å²) in [5.74, 6) is 5.84. The van der Waals surface area contributed by atoms with Crippen molar-refractivity contribution in [2.45, 2.75) is 19.8 Å². The van der Waals surface area contributed by atoms with E-state index in [1.54, 1.807) is 17.4 Å². The standard InChI is InChI=1S/C22H20FNO3S2/c1-16-4-13-22(28-16)21-12-11-20(23)15-19(21)10-9-18-7-5-17(6-8-18)3-2-14-24-29(25,26)27/h4-8,11-13,15,24H,2-3,14H2,1H3,(H,25,26,27). The molecular weight excluding hydrogens is 409 g/mol. The largest absolute Gasteiger partial charge is 0.333 e. The lowest BCUT2D eigenvalue weighted by Crippen LogP contribution is -2.23. The second-order valence-corrected chi connectivity index (χ2v) is 9.05. The van der Waals surface area contributed by atoms with E-state index >= 15 is 0 Å². The molecule has 0 unspecified atom stereocenters. The highest BCUT2D eigenvalue weighted by atomic mass is 32.2. The van der Waals surface area contributed by atoms with Crippen LogP contribution in [0, 0.1) is 24.6 Å². The predicted octanol–water partition coefficient (Wildman–Crippen LogP) is 4.59. The van der Waals surface area contributed by atoms with Gasteiger partial charge in [-0.2, -0.15) is 13.1 Å². The highest BCUT2D eigenvalue weighted by Crippen LogP contribution is 2.30. The molecule has 2 aromatic carbocycles. The van der Waals surface area contributed by atoms with Crippen molar-refractivity contribution >= 4 is 21.6 Å².